The number of carbonyl (C=O) groups excluding carboxylic acids is 1. The van der Waals surface area contributed by atoms with Crippen LogP contribution in [-0.2, 0) is 21.2 Å². The van der Waals surface area contributed by atoms with Crippen molar-refractivity contribution in [3.63, 3.8) is 0 Å². The Hall–Kier alpha value is -3.98. The van der Waals surface area contributed by atoms with Gasteiger partial charge in [0.2, 0.25) is 21.2 Å². The van der Waals surface area contributed by atoms with Gasteiger partial charge in [0.25, 0.3) is 0 Å². The van der Waals surface area contributed by atoms with Gasteiger partial charge in [-0.1, -0.05) is 11.6 Å². The van der Waals surface area contributed by atoms with E-state index in [9.17, 15) is 22.4 Å². The molecule has 0 aliphatic heterocycles. The zero-order valence-electron chi connectivity index (χ0n) is 19.1. The number of benzene rings is 3. The fourth-order valence-corrected chi connectivity index (χ4v) is 5.07. The van der Waals surface area contributed by atoms with Gasteiger partial charge < -0.3 is 14.6 Å². The lowest BCUT2D eigenvalue weighted by atomic mass is 10.1. The summed E-state index contributed by atoms with van der Waals surface area (Å²) in [6.45, 7) is 3.78. The summed E-state index contributed by atoms with van der Waals surface area (Å²) in [4.78, 5) is 25.5. The van der Waals surface area contributed by atoms with Crippen LogP contribution in [0.3, 0.4) is 0 Å². The molecular weight excluding hydrogens is 471 g/mol. The van der Waals surface area contributed by atoms with Crippen LogP contribution in [0.5, 0.6) is 5.75 Å². The molecule has 0 radical (unpaired) electrons. The van der Waals surface area contributed by atoms with Crippen molar-refractivity contribution in [3.05, 3.63) is 94.5 Å². The topological polar surface area (TPSA) is 94.5 Å². The summed E-state index contributed by atoms with van der Waals surface area (Å²) in [5.41, 5.74) is 0.931. The Balaban J connectivity index is 1.78. The van der Waals surface area contributed by atoms with Crippen LogP contribution in [0.1, 0.15) is 12.5 Å². The van der Waals surface area contributed by atoms with Gasteiger partial charge in [0.15, 0.2) is 0 Å². The number of halogens is 1. The quantitative estimate of drug-likeness (QED) is 0.413. The molecule has 7 nitrogen and oxygen atoms in total. The first-order valence-electron chi connectivity index (χ1n) is 10.9. The number of aromatic nitrogens is 1. The van der Waals surface area contributed by atoms with Crippen molar-refractivity contribution in [1.29, 1.82) is 0 Å². The van der Waals surface area contributed by atoms with Crippen molar-refractivity contribution in [2.45, 2.75) is 30.2 Å². The van der Waals surface area contributed by atoms with Crippen LogP contribution >= 0.6 is 0 Å². The fourth-order valence-electron chi connectivity index (χ4n) is 3.70. The summed E-state index contributed by atoms with van der Waals surface area (Å²) >= 11 is 0. The Bertz CT molecular complexity index is 1560. The molecule has 180 valence electrons. The molecule has 1 aromatic heterocycles. The highest BCUT2D eigenvalue weighted by Crippen LogP contribution is 2.24. The van der Waals surface area contributed by atoms with E-state index in [0.29, 0.717) is 23.6 Å². The summed E-state index contributed by atoms with van der Waals surface area (Å²) in [5, 5.41) is 2.84. The zero-order chi connectivity index (χ0) is 25.2. The second-order valence-electron chi connectivity index (χ2n) is 7.93. The standard InChI is InChI=1S/C26H23FN2O5S/c1-3-34-20-9-11-21(12-10-20)35(32,33)24-15-29(23-13-4-17(2)14-22(23)26(24)31)16-25(30)28-19-7-5-18(27)6-8-19/h4-15H,3,16H2,1-2H3,(H,28,30). The Kier molecular flexibility index (Phi) is 6.70. The number of pyridine rings is 1. The Morgan fingerprint density at radius 3 is 2.37 bits per heavy atom. The molecular formula is C26H23FN2O5S. The van der Waals surface area contributed by atoms with E-state index in [1.54, 1.807) is 25.1 Å². The van der Waals surface area contributed by atoms with Crippen molar-refractivity contribution in [3.8, 4) is 5.75 Å². The average Bonchev–Trinajstić information content (AvgIpc) is 2.83. The first-order chi connectivity index (χ1) is 16.7. The first kappa shape index (κ1) is 24.2. The van der Waals surface area contributed by atoms with Gasteiger partial charge in [0, 0.05) is 17.3 Å². The fraction of sp³-hybridized carbons (Fsp3) is 0.154. The van der Waals surface area contributed by atoms with E-state index in [1.807, 2.05) is 6.92 Å². The molecule has 1 heterocycles. The Morgan fingerprint density at radius 2 is 1.71 bits per heavy atom. The Labute approximate surface area is 201 Å². The van der Waals surface area contributed by atoms with Crippen LogP contribution in [0, 0.1) is 12.7 Å². The summed E-state index contributed by atoms with van der Waals surface area (Å²) in [6.07, 6.45) is 1.19. The smallest absolute Gasteiger partial charge is 0.244 e. The number of fused-ring (bicyclic) bond motifs is 1. The number of nitrogens with one attached hydrogen (secondary N) is 1. The predicted molar refractivity (Wildman–Crippen MR) is 131 cm³/mol. The minimum atomic E-state index is -4.19. The molecule has 0 aliphatic rings. The molecule has 0 unspecified atom stereocenters. The van der Waals surface area contributed by atoms with E-state index < -0.39 is 31.9 Å². The molecule has 9 heteroatoms. The zero-order valence-corrected chi connectivity index (χ0v) is 19.9. The van der Waals surface area contributed by atoms with Crippen molar-refractivity contribution >= 4 is 32.3 Å². The second kappa shape index (κ2) is 9.71. The van der Waals surface area contributed by atoms with Crippen LogP contribution in [0.2, 0.25) is 0 Å². The molecule has 3 aromatic carbocycles. The maximum absolute atomic E-state index is 13.4. The minimum absolute atomic E-state index is 0.0626. The molecule has 0 saturated heterocycles. The lowest BCUT2D eigenvalue weighted by molar-refractivity contribution is -0.116. The lowest BCUT2D eigenvalue weighted by Gasteiger charge is -2.15. The highest BCUT2D eigenvalue weighted by Gasteiger charge is 2.24. The second-order valence-corrected chi connectivity index (χ2v) is 9.85. The number of hydrogen-bond donors (Lipinski definition) is 1. The molecule has 0 aliphatic carbocycles. The van der Waals surface area contributed by atoms with Gasteiger partial charge in [0.05, 0.1) is 17.0 Å². The van der Waals surface area contributed by atoms with Crippen LogP contribution in [0.4, 0.5) is 10.1 Å². The molecule has 0 spiro atoms. The van der Waals surface area contributed by atoms with Gasteiger partial charge in [-0.3, -0.25) is 9.59 Å². The van der Waals surface area contributed by atoms with E-state index in [-0.39, 0.29) is 16.8 Å². The van der Waals surface area contributed by atoms with Crippen LogP contribution in [0.25, 0.3) is 10.9 Å². The van der Waals surface area contributed by atoms with Gasteiger partial charge in [-0.05, 0) is 74.5 Å². The number of anilines is 1. The summed E-state index contributed by atoms with van der Waals surface area (Å²) in [6, 6.07) is 16.1. The number of rotatable bonds is 7. The number of ether oxygens (including phenoxy) is 1. The first-order valence-corrected chi connectivity index (χ1v) is 12.3. The largest absolute Gasteiger partial charge is 0.494 e. The number of aryl methyl sites for hydroxylation is 1. The molecule has 4 aromatic rings. The van der Waals surface area contributed by atoms with Crippen LogP contribution < -0.4 is 15.5 Å². The number of hydrogen-bond acceptors (Lipinski definition) is 5. The van der Waals surface area contributed by atoms with Gasteiger partial charge in [0.1, 0.15) is 23.0 Å². The van der Waals surface area contributed by atoms with E-state index in [1.165, 1.54) is 59.3 Å². The maximum atomic E-state index is 13.4. The summed E-state index contributed by atoms with van der Waals surface area (Å²) in [5.74, 6) is -0.393. The van der Waals surface area contributed by atoms with E-state index in [0.717, 1.165) is 5.56 Å². The molecule has 1 amide bonds. The summed E-state index contributed by atoms with van der Waals surface area (Å²) in [7, 11) is -4.19. The van der Waals surface area contributed by atoms with Crippen molar-refractivity contribution < 1.29 is 22.3 Å². The van der Waals surface area contributed by atoms with E-state index in [2.05, 4.69) is 5.32 Å². The van der Waals surface area contributed by atoms with Crippen molar-refractivity contribution in [1.82, 2.24) is 4.57 Å². The molecule has 1 N–H and O–H groups in total. The molecule has 0 saturated carbocycles. The van der Waals surface area contributed by atoms with E-state index in [4.69, 9.17) is 4.74 Å². The molecule has 0 bridgehead atoms. The van der Waals surface area contributed by atoms with Gasteiger partial charge >= 0.3 is 0 Å². The normalized spacial score (nSPS) is 11.4. The van der Waals surface area contributed by atoms with Crippen LogP contribution in [0.15, 0.2) is 87.5 Å². The number of carbonyl (C=O) groups is 1. The highest BCUT2D eigenvalue weighted by molar-refractivity contribution is 7.91. The molecule has 4 rings (SSSR count). The predicted octanol–water partition coefficient (Wildman–Crippen LogP) is 4.32. The number of nitrogens with zero attached hydrogens (tertiary/aromatic N) is 1. The minimum Gasteiger partial charge on any atom is -0.494 e. The third-order valence-electron chi connectivity index (χ3n) is 5.38. The third kappa shape index (κ3) is 5.09. The summed E-state index contributed by atoms with van der Waals surface area (Å²) < 4.78 is 46.8. The molecule has 0 fully saturated rings. The van der Waals surface area contributed by atoms with Gasteiger partial charge in [-0.2, -0.15) is 0 Å². The SMILES string of the molecule is CCOc1ccc(S(=O)(=O)c2cn(CC(=O)Nc3ccc(F)cc3)c3ccc(C)cc3c2=O)cc1. The van der Waals surface area contributed by atoms with Gasteiger partial charge in [-0.15, -0.1) is 0 Å². The van der Waals surface area contributed by atoms with Gasteiger partial charge in [-0.25, -0.2) is 12.8 Å². The highest BCUT2D eigenvalue weighted by atomic mass is 32.2. The number of amides is 1. The van der Waals surface area contributed by atoms with E-state index >= 15 is 0 Å². The van der Waals surface area contributed by atoms with Crippen molar-refractivity contribution in [2.75, 3.05) is 11.9 Å². The molecule has 35 heavy (non-hydrogen) atoms. The average molecular weight is 495 g/mol. The molecule has 0 atom stereocenters. The van der Waals surface area contributed by atoms with Crippen molar-refractivity contribution in [2.24, 2.45) is 0 Å². The maximum Gasteiger partial charge on any atom is 0.244 e. The third-order valence-corrected chi connectivity index (χ3v) is 7.14. The Morgan fingerprint density at radius 1 is 1.03 bits per heavy atom. The monoisotopic (exact) mass is 494 g/mol. The van der Waals surface area contributed by atoms with Crippen LogP contribution in [-0.4, -0.2) is 25.5 Å². The number of sulfone groups is 1. The lowest BCUT2D eigenvalue weighted by Crippen LogP contribution is -2.24.